The van der Waals surface area contributed by atoms with Crippen LogP contribution in [0.5, 0.6) is 0 Å². The molecule has 0 bridgehead atoms. The van der Waals surface area contributed by atoms with E-state index in [4.69, 9.17) is 27.9 Å². The van der Waals surface area contributed by atoms with Crippen LogP contribution in [-0.4, -0.2) is 0 Å². The fourth-order valence-corrected chi connectivity index (χ4v) is 4.42. The van der Waals surface area contributed by atoms with Crippen LogP contribution in [0, 0.1) is 0 Å². The van der Waals surface area contributed by atoms with Crippen LogP contribution in [0.4, 0.5) is 5.69 Å². The molecule has 30 heavy (non-hydrogen) atoms. The molecule has 4 heteroatoms. The van der Waals surface area contributed by atoms with Crippen LogP contribution in [-0.2, 0) is 10.3 Å². The summed E-state index contributed by atoms with van der Waals surface area (Å²) in [5, 5.41) is 4.56. The van der Waals surface area contributed by atoms with Crippen molar-refractivity contribution in [3.8, 4) is 0 Å². The lowest BCUT2D eigenvalue weighted by atomic mass is 9.78. The van der Waals surface area contributed by atoms with E-state index < -0.39 is 11.8 Å². The minimum absolute atomic E-state index is 0.407. The lowest BCUT2D eigenvalue weighted by Crippen LogP contribution is -2.40. The van der Waals surface area contributed by atoms with Gasteiger partial charge in [0.15, 0.2) is 6.23 Å². The Balaban J connectivity index is 1.77. The van der Waals surface area contributed by atoms with E-state index in [0.29, 0.717) is 10.0 Å². The number of para-hydroxylation sites is 1. The van der Waals surface area contributed by atoms with Crippen molar-refractivity contribution >= 4 is 28.9 Å². The second-order valence-corrected chi connectivity index (χ2v) is 8.09. The largest absolute Gasteiger partial charge is 0.356 e. The molecule has 1 aliphatic heterocycles. The number of hydrogen-bond donors (Lipinski definition) is 1. The standard InChI is InChI=1S/C26H19Cl2NO/c27-22-16-15-18(17-23(22)28)25-29-24-14-8-7-13-21(24)26(30-25,19-9-3-1-4-10-19)20-11-5-2-6-12-20/h1-17,25,29H/t25-/m1/s1. The molecule has 0 saturated heterocycles. The normalized spacial score (nSPS) is 17.1. The van der Waals surface area contributed by atoms with Gasteiger partial charge in [0.1, 0.15) is 5.60 Å². The smallest absolute Gasteiger partial charge is 0.156 e. The van der Waals surface area contributed by atoms with E-state index in [9.17, 15) is 0 Å². The van der Waals surface area contributed by atoms with Gasteiger partial charge in [0.2, 0.25) is 0 Å². The number of hydrogen-bond acceptors (Lipinski definition) is 2. The van der Waals surface area contributed by atoms with Crippen molar-refractivity contribution < 1.29 is 4.74 Å². The maximum absolute atomic E-state index is 6.94. The Hall–Kier alpha value is -2.78. The summed E-state index contributed by atoms with van der Waals surface area (Å²) in [5.41, 5.74) is 4.35. The van der Waals surface area contributed by atoms with Crippen LogP contribution in [0.3, 0.4) is 0 Å². The highest BCUT2D eigenvalue weighted by Gasteiger charge is 2.44. The van der Waals surface area contributed by atoms with Gasteiger partial charge in [-0.15, -0.1) is 0 Å². The first-order chi connectivity index (χ1) is 14.7. The van der Waals surface area contributed by atoms with E-state index in [2.05, 4.69) is 41.7 Å². The minimum atomic E-state index is -0.777. The Morgan fingerprint density at radius 2 is 1.27 bits per heavy atom. The van der Waals surface area contributed by atoms with Gasteiger partial charge in [-0.25, -0.2) is 0 Å². The number of ether oxygens (including phenoxy) is 1. The second kappa shape index (κ2) is 7.81. The zero-order valence-electron chi connectivity index (χ0n) is 16.1. The molecule has 0 aromatic heterocycles. The molecule has 5 rings (SSSR count). The van der Waals surface area contributed by atoms with E-state index in [1.807, 2.05) is 60.7 Å². The zero-order valence-corrected chi connectivity index (χ0v) is 17.6. The Morgan fingerprint density at radius 3 is 1.90 bits per heavy atom. The van der Waals surface area contributed by atoms with Gasteiger partial charge in [-0.3, -0.25) is 0 Å². The van der Waals surface area contributed by atoms with Crippen molar-refractivity contribution in [2.75, 3.05) is 5.32 Å². The van der Waals surface area contributed by atoms with Crippen LogP contribution < -0.4 is 5.32 Å². The van der Waals surface area contributed by atoms with E-state index in [0.717, 1.165) is 27.9 Å². The Bertz CT molecular complexity index is 1140. The van der Waals surface area contributed by atoms with E-state index in [1.54, 1.807) is 6.07 Å². The highest BCUT2D eigenvalue weighted by molar-refractivity contribution is 6.42. The highest BCUT2D eigenvalue weighted by atomic mass is 35.5. The third-order valence-electron chi connectivity index (χ3n) is 5.49. The van der Waals surface area contributed by atoms with Gasteiger partial charge in [0.05, 0.1) is 10.0 Å². The van der Waals surface area contributed by atoms with Crippen molar-refractivity contribution in [3.05, 3.63) is 135 Å². The summed E-state index contributed by atoms with van der Waals surface area (Å²) < 4.78 is 6.94. The topological polar surface area (TPSA) is 21.3 Å². The van der Waals surface area contributed by atoms with Gasteiger partial charge in [-0.05, 0) is 29.3 Å². The number of nitrogens with one attached hydrogen (secondary N) is 1. The zero-order chi connectivity index (χ0) is 20.6. The predicted octanol–water partition coefficient (Wildman–Crippen LogP) is 7.43. The van der Waals surface area contributed by atoms with Crippen molar-refractivity contribution in [3.63, 3.8) is 0 Å². The van der Waals surface area contributed by atoms with Crippen molar-refractivity contribution in [2.24, 2.45) is 0 Å². The summed E-state index contributed by atoms with van der Waals surface area (Å²) in [4.78, 5) is 0. The summed E-state index contributed by atoms with van der Waals surface area (Å²) in [5.74, 6) is 0. The maximum Gasteiger partial charge on any atom is 0.156 e. The van der Waals surface area contributed by atoms with Crippen LogP contribution in [0.25, 0.3) is 0 Å². The highest BCUT2D eigenvalue weighted by Crippen LogP contribution is 2.50. The van der Waals surface area contributed by atoms with E-state index >= 15 is 0 Å². The van der Waals surface area contributed by atoms with E-state index in [1.165, 1.54) is 0 Å². The number of anilines is 1. The molecule has 2 nitrogen and oxygen atoms in total. The molecule has 0 saturated carbocycles. The predicted molar refractivity (Wildman–Crippen MR) is 123 cm³/mol. The number of rotatable bonds is 3. The van der Waals surface area contributed by atoms with Crippen LogP contribution in [0.15, 0.2) is 103 Å². The number of benzene rings is 4. The van der Waals surface area contributed by atoms with Gasteiger partial charge in [-0.1, -0.05) is 108 Å². The molecule has 0 radical (unpaired) electrons. The van der Waals surface area contributed by atoms with Crippen LogP contribution in [0.2, 0.25) is 10.0 Å². The first-order valence-corrected chi connectivity index (χ1v) is 10.5. The van der Waals surface area contributed by atoms with Gasteiger partial charge >= 0.3 is 0 Å². The second-order valence-electron chi connectivity index (χ2n) is 7.27. The fourth-order valence-electron chi connectivity index (χ4n) is 4.11. The Kier molecular flexibility index (Phi) is 5.00. The molecule has 0 spiro atoms. The van der Waals surface area contributed by atoms with Gasteiger partial charge in [0.25, 0.3) is 0 Å². The summed E-state index contributed by atoms with van der Waals surface area (Å²) >= 11 is 12.5. The van der Waals surface area contributed by atoms with Gasteiger partial charge in [0, 0.05) is 16.8 Å². The lowest BCUT2D eigenvalue weighted by molar-refractivity contribution is -0.0432. The Morgan fingerprint density at radius 1 is 0.667 bits per heavy atom. The van der Waals surface area contributed by atoms with Gasteiger partial charge < -0.3 is 10.1 Å². The van der Waals surface area contributed by atoms with Gasteiger partial charge in [-0.2, -0.15) is 0 Å². The molecule has 1 aliphatic rings. The minimum Gasteiger partial charge on any atom is -0.356 e. The first-order valence-electron chi connectivity index (χ1n) is 9.78. The lowest BCUT2D eigenvalue weighted by Gasteiger charge is -2.44. The average Bonchev–Trinajstić information content (AvgIpc) is 2.81. The molecule has 0 amide bonds. The summed E-state index contributed by atoms with van der Waals surface area (Å²) in [7, 11) is 0. The van der Waals surface area contributed by atoms with Crippen LogP contribution >= 0.6 is 23.2 Å². The van der Waals surface area contributed by atoms with Crippen LogP contribution in [0.1, 0.15) is 28.5 Å². The Labute approximate surface area is 186 Å². The molecule has 0 aliphatic carbocycles. The van der Waals surface area contributed by atoms with E-state index in [-0.39, 0.29) is 0 Å². The van der Waals surface area contributed by atoms with Crippen molar-refractivity contribution in [1.82, 2.24) is 0 Å². The molecule has 148 valence electrons. The molecule has 1 N–H and O–H groups in total. The summed E-state index contributed by atoms with van der Waals surface area (Å²) in [6.07, 6.45) is -0.407. The third kappa shape index (κ3) is 3.18. The quantitative estimate of drug-likeness (QED) is 0.364. The molecular weight excluding hydrogens is 413 g/mol. The molecule has 4 aromatic rings. The molecule has 0 fully saturated rings. The third-order valence-corrected chi connectivity index (χ3v) is 6.23. The molecule has 1 atom stereocenters. The fraction of sp³-hybridized carbons (Fsp3) is 0.0769. The number of halogens is 2. The summed E-state index contributed by atoms with van der Waals surface area (Å²) in [6, 6.07) is 34.6. The SMILES string of the molecule is Clc1ccc([C@@H]2Nc3ccccc3C(c3ccccc3)(c3ccccc3)O2)cc1Cl. The molecule has 0 unspecified atom stereocenters. The molecular formula is C26H19Cl2NO. The monoisotopic (exact) mass is 431 g/mol. The van der Waals surface area contributed by atoms with Crippen molar-refractivity contribution in [1.29, 1.82) is 0 Å². The first kappa shape index (κ1) is 19.2. The molecule has 1 heterocycles. The number of fused-ring (bicyclic) bond motifs is 1. The molecule has 4 aromatic carbocycles. The maximum atomic E-state index is 6.94. The summed E-state index contributed by atoms with van der Waals surface area (Å²) in [6.45, 7) is 0. The van der Waals surface area contributed by atoms with Crippen molar-refractivity contribution in [2.45, 2.75) is 11.8 Å². The average molecular weight is 432 g/mol.